The van der Waals surface area contributed by atoms with Crippen LogP contribution in [0.2, 0.25) is 5.02 Å². The van der Waals surface area contributed by atoms with Gasteiger partial charge in [-0.3, -0.25) is 4.79 Å². The van der Waals surface area contributed by atoms with Gasteiger partial charge in [-0.2, -0.15) is 0 Å². The molecule has 0 radical (unpaired) electrons. The van der Waals surface area contributed by atoms with Crippen LogP contribution >= 0.6 is 11.6 Å². The molecule has 1 fully saturated rings. The first kappa shape index (κ1) is 16.6. The highest BCUT2D eigenvalue weighted by Gasteiger charge is 2.24. The Kier molecular flexibility index (Phi) is 4.90. The molecule has 0 spiro atoms. The number of halogens is 2. The van der Waals surface area contributed by atoms with Crippen LogP contribution < -0.4 is 9.64 Å². The summed E-state index contributed by atoms with van der Waals surface area (Å²) in [7, 11) is 1.63. The zero-order chi connectivity index (χ0) is 17.1. The number of hydrogen-bond acceptors (Lipinski definition) is 3. The molecule has 2 aromatic carbocycles. The Morgan fingerprint density at radius 1 is 1.12 bits per heavy atom. The number of carbonyl (C=O) groups is 1. The number of piperazine rings is 1. The van der Waals surface area contributed by atoms with E-state index in [0.29, 0.717) is 31.2 Å². The normalized spacial score (nSPS) is 14.6. The van der Waals surface area contributed by atoms with Crippen LogP contribution in [-0.2, 0) is 0 Å². The summed E-state index contributed by atoms with van der Waals surface area (Å²) in [5.74, 6) is -0.0630. The number of nitrogens with zero attached hydrogens (tertiary/aromatic N) is 2. The number of carbonyl (C=O) groups excluding carboxylic acids is 1. The Balaban J connectivity index is 1.68. The van der Waals surface area contributed by atoms with Gasteiger partial charge in [-0.15, -0.1) is 0 Å². The Labute approximate surface area is 145 Å². The van der Waals surface area contributed by atoms with Gasteiger partial charge in [-0.1, -0.05) is 17.7 Å². The van der Waals surface area contributed by atoms with E-state index in [-0.39, 0.29) is 11.5 Å². The molecule has 0 saturated carbocycles. The summed E-state index contributed by atoms with van der Waals surface area (Å²) in [4.78, 5) is 16.3. The standard InChI is InChI=1S/C18H18ClFN2O2/c1-24-15-4-2-3-14(12-15)21-7-9-22(10-8-21)18(23)16-11-13(19)5-6-17(16)20/h2-6,11-12H,7-10H2,1H3. The molecule has 1 heterocycles. The van der Waals surface area contributed by atoms with Gasteiger partial charge in [0.1, 0.15) is 11.6 Å². The summed E-state index contributed by atoms with van der Waals surface area (Å²) in [5, 5.41) is 0.356. The van der Waals surface area contributed by atoms with Crippen LogP contribution in [0.1, 0.15) is 10.4 Å². The molecule has 1 aliphatic heterocycles. The summed E-state index contributed by atoms with van der Waals surface area (Å²) in [6.45, 7) is 2.42. The second kappa shape index (κ2) is 7.09. The number of ether oxygens (including phenoxy) is 1. The van der Waals surface area contributed by atoms with E-state index in [9.17, 15) is 9.18 Å². The maximum absolute atomic E-state index is 13.9. The lowest BCUT2D eigenvalue weighted by Gasteiger charge is -2.36. The molecule has 6 heteroatoms. The smallest absolute Gasteiger partial charge is 0.257 e. The number of rotatable bonds is 3. The van der Waals surface area contributed by atoms with Gasteiger partial charge < -0.3 is 14.5 Å². The van der Waals surface area contributed by atoms with Crippen LogP contribution in [0.5, 0.6) is 5.75 Å². The molecular weight excluding hydrogens is 331 g/mol. The minimum atomic E-state index is -0.542. The highest BCUT2D eigenvalue weighted by molar-refractivity contribution is 6.31. The number of methoxy groups -OCH3 is 1. The van der Waals surface area contributed by atoms with Crippen molar-refractivity contribution >= 4 is 23.2 Å². The molecule has 0 aromatic heterocycles. The zero-order valence-corrected chi connectivity index (χ0v) is 14.1. The molecule has 0 unspecified atom stereocenters. The molecule has 0 aliphatic carbocycles. The van der Waals surface area contributed by atoms with Gasteiger partial charge in [0.2, 0.25) is 0 Å². The van der Waals surface area contributed by atoms with Crippen molar-refractivity contribution in [3.8, 4) is 5.75 Å². The number of benzene rings is 2. The molecule has 126 valence electrons. The monoisotopic (exact) mass is 348 g/mol. The summed E-state index contributed by atoms with van der Waals surface area (Å²) >= 11 is 5.87. The second-order valence-corrected chi connectivity index (χ2v) is 6.04. The van der Waals surface area contributed by atoms with Crippen molar-refractivity contribution in [3.63, 3.8) is 0 Å². The third kappa shape index (κ3) is 3.46. The van der Waals surface area contributed by atoms with Gasteiger partial charge in [0.05, 0.1) is 12.7 Å². The van der Waals surface area contributed by atoms with Crippen molar-refractivity contribution in [3.05, 3.63) is 58.9 Å². The minimum Gasteiger partial charge on any atom is -0.497 e. The van der Waals surface area contributed by atoms with E-state index >= 15 is 0 Å². The molecule has 1 amide bonds. The highest BCUT2D eigenvalue weighted by atomic mass is 35.5. The fraction of sp³-hybridized carbons (Fsp3) is 0.278. The third-order valence-corrected chi connectivity index (χ3v) is 4.38. The summed E-state index contributed by atoms with van der Waals surface area (Å²) in [6.07, 6.45) is 0. The topological polar surface area (TPSA) is 32.8 Å². The summed E-state index contributed by atoms with van der Waals surface area (Å²) in [6, 6.07) is 11.9. The average molecular weight is 349 g/mol. The van der Waals surface area contributed by atoms with Crippen molar-refractivity contribution in [1.29, 1.82) is 0 Å². The maximum Gasteiger partial charge on any atom is 0.257 e. The van der Waals surface area contributed by atoms with Gasteiger partial charge in [0, 0.05) is 43.0 Å². The zero-order valence-electron chi connectivity index (χ0n) is 13.3. The minimum absolute atomic E-state index is 0.0253. The van der Waals surface area contributed by atoms with Crippen molar-refractivity contribution in [2.75, 3.05) is 38.2 Å². The molecule has 2 aromatic rings. The van der Waals surface area contributed by atoms with Gasteiger partial charge in [0.15, 0.2) is 0 Å². The van der Waals surface area contributed by atoms with E-state index in [4.69, 9.17) is 16.3 Å². The van der Waals surface area contributed by atoms with Gasteiger partial charge in [0.25, 0.3) is 5.91 Å². The molecule has 0 N–H and O–H groups in total. The molecule has 4 nitrogen and oxygen atoms in total. The van der Waals surface area contributed by atoms with Crippen LogP contribution in [0.3, 0.4) is 0 Å². The Bertz CT molecular complexity index is 746. The van der Waals surface area contributed by atoms with E-state index in [1.165, 1.54) is 18.2 Å². The summed E-state index contributed by atoms with van der Waals surface area (Å²) < 4.78 is 19.1. The van der Waals surface area contributed by atoms with Crippen molar-refractivity contribution in [2.24, 2.45) is 0 Å². The SMILES string of the molecule is COc1cccc(N2CCN(C(=O)c3cc(Cl)ccc3F)CC2)c1. The number of hydrogen-bond donors (Lipinski definition) is 0. The Morgan fingerprint density at radius 3 is 2.58 bits per heavy atom. The number of amides is 1. The summed E-state index contributed by atoms with van der Waals surface area (Å²) in [5.41, 5.74) is 1.08. The van der Waals surface area contributed by atoms with E-state index in [1.54, 1.807) is 12.0 Å². The van der Waals surface area contributed by atoms with Gasteiger partial charge >= 0.3 is 0 Å². The molecule has 24 heavy (non-hydrogen) atoms. The van der Waals surface area contributed by atoms with Crippen LogP contribution in [0, 0.1) is 5.82 Å². The fourth-order valence-electron chi connectivity index (χ4n) is 2.81. The highest BCUT2D eigenvalue weighted by Crippen LogP contribution is 2.23. The van der Waals surface area contributed by atoms with Crippen molar-refractivity contribution in [2.45, 2.75) is 0 Å². The molecule has 0 atom stereocenters. The lowest BCUT2D eigenvalue weighted by atomic mass is 10.1. The molecular formula is C18H18ClFN2O2. The largest absolute Gasteiger partial charge is 0.497 e. The van der Waals surface area contributed by atoms with Crippen molar-refractivity contribution < 1.29 is 13.9 Å². The van der Waals surface area contributed by atoms with Crippen molar-refractivity contribution in [1.82, 2.24) is 4.90 Å². The third-order valence-electron chi connectivity index (χ3n) is 4.14. The number of anilines is 1. The van der Waals surface area contributed by atoms with Crippen LogP contribution in [-0.4, -0.2) is 44.1 Å². The van der Waals surface area contributed by atoms with E-state index in [1.807, 2.05) is 24.3 Å². The van der Waals surface area contributed by atoms with Gasteiger partial charge in [-0.05, 0) is 30.3 Å². The first-order chi connectivity index (χ1) is 11.6. The van der Waals surface area contributed by atoms with E-state index < -0.39 is 5.82 Å². The van der Waals surface area contributed by atoms with E-state index in [0.717, 1.165) is 11.4 Å². The second-order valence-electron chi connectivity index (χ2n) is 5.60. The first-order valence-electron chi connectivity index (χ1n) is 7.72. The quantitative estimate of drug-likeness (QED) is 0.851. The average Bonchev–Trinajstić information content (AvgIpc) is 2.63. The predicted molar refractivity (Wildman–Crippen MR) is 92.5 cm³/mol. The first-order valence-corrected chi connectivity index (χ1v) is 8.09. The predicted octanol–water partition coefficient (Wildman–Crippen LogP) is 3.45. The van der Waals surface area contributed by atoms with E-state index in [2.05, 4.69) is 4.90 Å². The molecule has 1 saturated heterocycles. The lowest BCUT2D eigenvalue weighted by Crippen LogP contribution is -2.49. The Hall–Kier alpha value is -2.27. The van der Waals surface area contributed by atoms with Crippen LogP contribution in [0.4, 0.5) is 10.1 Å². The van der Waals surface area contributed by atoms with Crippen LogP contribution in [0.15, 0.2) is 42.5 Å². The molecule has 1 aliphatic rings. The van der Waals surface area contributed by atoms with Gasteiger partial charge in [-0.25, -0.2) is 4.39 Å². The van der Waals surface area contributed by atoms with Crippen LogP contribution in [0.25, 0.3) is 0 Å². The lowest BCUT2D eigenvalue weighted by molar-refractivity contribution is 0.0742. The maximum atomic E-state index is 13.9. The molecule has 3 rings (SSSR count). The Morgan fingerprint density at radius 2 is 1.88 bits per heavy atom. The fourth-order valence-corrected chi connectivity index (χ4v) is 2.98. The molecule has 0 bridgehead atoms.